The Balaban J connectivity index is 2.09. The van der Waals surface area contributed by atoms with Gasteiger partial charge in [-0.15, -0.1) is 0 Å². The molecule has 0 spiro atoms. The summed E-state index contributed by atoms with van der Waals surface area (Å²) >= 11 is 0. The standard InChI is InChI=1S/C13H18FN3O3S/c1-9-6-10(7-11(15)13(9)14)21(19,20)16-8-12(18)17-4-2-3-5-17/h6-7,16H,2-5,8,15H2,1H3. The zero-order valence-corrected chi connectivity index (χ0v) is 12.5. The van der Waals surface area contributed by atoms with Gasteiger partial charge >= 0.3 is 0 Å². The molecule has 0 unspecified atom stereocenters. The molecule has 1 amide bonds. The van der Waals surface area contributed by atoms with Crippen LogP contribution in [0.2, 0.25) is 0 Å². The Morgan fingerprint density at radius 3 is 2.57 bits per heavy atom. The van der Waals surface area contributed by atoms with E-state index in [9.17, 15) is 17.6 Å². The highest BCUT2D eigenvalue weighted by molar-refractivity contribution is 7.89. The first-order chi connectivity index (χ1) is 9.81. The van der Waals surface area contributed by atoms with Crippen LogP contribution < -0.4 is 10.5 Å². The molecule has 1 aliphatic rings. The number of hydrogen-bond acceptors (Lipinski definition) is 4. The van der Waals surface area contributed by atoms with E-state index in [0.717, 1.165) is 18.9 Å². The highest BCUT2D eigenvalue weighted by Crippen LogP contribution is 2.20. The smallest absolute Gasteiger partial charge is 0.241 e. The first kappa shape index (κ1) is 15.7. The lowest BCUT2D eigenvalue weighted by atomic mass is 10.2. The molecule has 2 rings (SSSR count). The van der Waals surface area contributed by atoms with Gasteiger partial charge in [-0.1, -0.05) is 0 Å². The van der Waals surface area contributed by atoms with Gasteiger partial charge in [0, 0.05) is 13.1 Å². The van der Waals surface area contributed by atoms with Crippen LogP contribution in [-0.4, -0.2) is 38.9 Å². The average molecular weight is 315 g/mol. The fourth-order valence-corrected chi connectivity index (χ4v) is 3.33. The van der Waals surface area contributed by atoms with Crippen molar-refractivity contribution < 1.29 is 17.6 Å². The number of nitrogens with two attached hydrogens (primary N) is 1. The van der Waals surface area contributed by atoms with Gasteiger partial charge in [-0.2, -0.15) is 0 Å². The van der Waals surface area contributed by atoms with Gasteiger partial charge in [-0.05, 0) is 37.5 Å². The minimum atomic E-state index is -3.89. The number of nitrogens with one attached hydrogen (secondary N) is 1. The summed E-state index contributed by atoms with van der Waals surface area (Å²) in [6.45, 7) is 2.44. The first-order valence-electron chi connectivity index (χ1n) is 6.64. The number of carbonyl (C=O) groups excluding carboxylic acids is 1. The van der Waals surface area contributed by atoms with Crippen molar-refractivity contribution in [3.63, 3.8) is 0 Å². The largest absolute Gasteiger partial charge is 0.396 e. The average Bonchev–Trinajstić information content (AvgIpc) is 2.95. The SMILES string of the molecule is Cc1cc(S(=O)(=O)NCC(=O)N2CCCC2)cc(N)c1F. The lowest BCUT2D eigenvalue weighted by molar-refractivity contribution is -0.128. The molecule has 3 N–H and O–H groups in total. The number of rotatable bonds is 4. The van der Waals surface area contributed by atoms with E-state index in [1.807, 2.05) is 0 Å². The Labute approximate surface area is 123 Å². The van der Waals surface area contributed by atoms with Crippen molar-refractivity contribution in [3.8, 4) is 0 Å². The van der Waals surface area contributed by atoms with Crippen molar-refractivity contribution in [3.05, 3.63) is 23.5 Å². The van der Waals surface area contributed by atoms with E-state index >= 15 is 0 Å². The normalized spacial score (nSPS) is 15.4. The number of carbonyl (C=O) groups is 1. The number of halogens is 1. The fraction of sp³-hybridized carbons (Fsp3) is 0.462. The topological polar surface area (TPSA) is 92.5 Å². The second kappa shape index (κ2) is 5.98. The monoisotopic (exact) mass is 315 g/mol. The molecule has 0 aromatic heterocycles. The molecule has 21 heavy (non-hydrogen) atoms. The van der Waals surface area contributed by atoms with Gasteiger partial charge < -0.3 is 10.6 Å². The molecule has 0 saturated carbocycles. The molecule has 8 heteroatoms. The summed E-state index contributed by atoms with van der Waals surface area (Å²) in [6, 6.07) is 2.24. The van der Waals surface area contributed by atoms with E-state index in [2.05, 4.69) is 4.72 Å². The number of nitrogens with zero attached hydrogens (tertiary/aromatic N) is 1. The van der Waals surface area contributed by atoms with Gasteiger partial charge in [-0.3, -0.25) is 4.79 Å². The molecule has 0 aliphatic carbocycles. The van der Waals surface area contributed by atoms with Gasteiger partial charge in [0.1, 0.15) is 5.82 Å². The van der Waals surface area contributed by atoms with Gasteiger partial charge in [0.15, 0.2) is 0 Å². The summed E-state index contributed by atoms with van der Waals surface area (Å²) in [5, 5.41) is 0. The van der Waals surface area contributed by atoms with Crippen LogP contribution in [0.25, 0.3) is 0 Å². The molecule has 0 radical (unpaired) electrons. The quantitative estimate of drug-likeness (QED) is 0.797. The van der Waals surface area contributed by atoms with Crippen LogP contribution in [0.1, 0.15) is 18.4 Å². The van der Waals surface area contributed by atoms with Crippen LogP contribution in [0.3, 0.4) is 0 Å². The molecule has 1 saturated heterocycles. The minimum absolute atomic E-state index is 0.140. The van der Waals surface area contributed by atoms with Gasteiger partial charge in [-0.25, -0.2) is 17.5 Å². The van der Waals surface area contributed by atoms with Crippen molar-refractivity contribution >= 4 is 21.6 Å². The highest BCUT2D eigenvalue weighted by Gasteiger charge is 2.22. The summed E-state index contributed by atoms with van der Waals surface area (Å²) in [4.78, 5) is 13.3. The second-order valence-electron chi connectivity index (χ2n) is 5.06. The van der Waals surface area contributed by atoms with Crippen molar-refractivity contribution in [1.29, 1.82) is 0 Å². The molecule has 1 aromatic rings. The van der Waals surface area contributed by atoms with Crippen LogP contribution in [0.5, 0.6) is 0 Å². The Kier molecular flexibility index (Phi) is 4.48. The number of nitrogen functional groups attached to an aromatic ring is 1. The summed E-state index contributed by atoms with van der Waals surface area (Å²) in [6.07, 6.45) is 1.87. The maximum atomic E-state index is 13.4. The van der Waals surface area contributed by atoms with Crippen LogP contribution in [-0.2, 0) is 14.8 Å². The van der Waals surface area contributed by atoms with E-state index in [1.165, 1.54) is 13.0 Å². The van der Waals surface area contributed by atoms with E-state index in [4.69, 9.17) is 5.73 Å². The van der Waals surface area contributed by atoms with Gasteiger partial charge in [0.05, 0.1) is 17.1 Å². The Morgan fingerprint density at radius 1 is 1.38 bits per heavy atom. The van der Waals surface area contributed by atoms with Crippen LogP contribution in [0, 0.1) is 12.7 Å². The summed E-state index contributed by atoms with van der Waals surface area (Å²) < 4.78 is 39.9. The maximum absolute atomic E-state index is 13.4. The van der Waals surface area contributed by atoms with Crippen molar-refractivity contribution in [1.82, 2.24) is 9.62 Å². The van der Waals surface area contributed by atoms with Crippen molar-refractivity contribution in [2.45, 2.75) is 24.7 Å². The van der Waals surface area contributed by atoms with Crippen molar-refractivity contribution in [2.75, 3.05) is 25.4 Å². The van der Waals surface area contributed by atoms with E-state index in [-0.39, 0.29) is 28.6 Å². The zero-order chi connectivity index (χ0) is 15.6. The predicted molar refractivity (Wildman–Crippen MR) is 76.6 cm³/mol. The molecule has 116 valence electrons. The van der Waals surface area contributed by atoms with E-state index < -0.39 is 15.8 Å². The fourth-order valence-electron chi connectivity index (χ4n) is 2.24. The van der Waals surface area contributed by atoms with Crippen LogP contribution in [0.4, 0.5) is 10.1 Å². The second-order valence-corrected chi connectivity index (χ2v) is 6.82. The van der Waals surface area contributed by atoms with E-state index in [1.54, 1.807) is 4.90 Å². The van der Waals surface area contributed by atoms with Gasteiger partial charge in [0.25, 0.3) is 0 Å². The number of anilines is 1. The Bertz CT molecular complexity index is 632. The first-order valence-corrected chi connectivity index (χ1v) is 8.12. The predicted octanol–water partition coefficient (Wildman–Crippen LogP) is 0.617. The molecule has 1 fully saturated rings. The number of hydrogen-bond donors (Lipinski definition) is 2. The number of benzene rings is 1. The third-order valence-electron chi connectivity index (χ3n) is 3.44. The summed E-state index contributed by atoms with van der Waals surface area (Å²) in [5.74, 6) is -0.898. The molecule has 1 heterocycles. The molecule has 1 aliphatic heterocycles. The van der Waals surface area contributed by atoms with Crippen molar-refractivity contribution in [2.24, 2.45) is 0 Å². The minimum Gasteiger partial charge on any atom is -0.396 e. The lowest BCUT2D eigenvalue weighted by Gasteiger charge is -2.15. The summed E-state index contributed by atoms with van der Waals surface area (Å²) in [7, 11) is -3.89. The molecular weight excluding hydrogens is 297 g/mol. The van der Waals surface area contributed by atoms with Crippen LogP contribution >= 0.6 is 0 Å². The molecular formula is C13H18FN3O3S. The molecule has 0 atom stereocenters. The number of likely N-dealkylation sites (tertiary alicyclic amines) is 1. The van der Waals surface area contributed by atoms with Gasteiger partial charge in [0.2, 0.25) is 15.9 Å². The summed E-state index contributed by atoms with van der Waals surface area (Å²) in [5.41, 5.74) is 5.34. The molecule has 1 aromatic carbocycles. The zero-order valence-electron chi connectivity index (χ0n) is 11.7. The third-order valence-corrected chi connectivity index (χ3v) is 4.82. The lowest BCUT2D eigenvalue weighted by Crippen LogP contribution is -2.38. The van der Waals surface area contributed by atoms with E-state index in [0.29, 0.717) is 13.1 Å². The molecule has 0 bridgehead atoms. The maximum Gasteiger partial charge on any atom is 0.241 e. The highest BCUT2D eigenvalue weighted by atomic mass is 32.2. The third kappa shape index (κ3) is 3.51. The Morgan fingerprint density at radius 2 is 2.00 bits per heavy atom. The number of aryl methyl sites for hydroxylation is 1. The number of sulfonamides is 1. The van der Waals surface area contributed by atoms with Crippen LogP contribution in [0.15, 0.2) is 17.0 Å². The Hall–Kier alpha value is -1.67. The molecule has 6 nitrogen and oxygen atoms in total. The number of amides is 1.